The van der Waals surface area contributed by atoms with Gasteiger partial charge < -0.3 is 20.8 Å². The Morgan fingerprint density at radius 3 is 2.67 bits per heavy atom. The number of benzene rings is 1. The minimum atomic E-state index is -3.28. The number of morpholine rings is 1. The number of fused-ring (bicyclic) bond motifs is 1. The number of nitrogens with zero attached hydrogens (tertiary/aromatic N) is 2. The Kier molecular flexibility index (Phi) is 9.05. The van der Waals surface area contributed by atoms with Crippen molar-refractivity contribution >= 4 is 38.2 Å². The average Bonchev–Trinajstić information content (AvgIpc) is 3.59. The summed E-state index contributed by atoms with van der Waals surface area (Å²) in [5.74, 6) is -0.0656. The summed E-state index contributed by atoms with van der Waals surface area (Å²) >= 11 is 1.71. The normalized spacial score (nSPS) is 18.2. The van der Waals surface area contributed by atoms with Crippen molar-refractivity contribution in [2.45, 2.75) is 38.6 Å². The lowest BCUT2D eigenvalue weighted by Crippen LogP contribution is -2.41. The molecule has 5 rings (SSSR count). The molecule has 3 aromatic rings. The molecule has 2 aromatic heterocycles. The molecule has 1 aromatic carbocycles. The Labute approximate surface area is 234 Å². The molecule has 0 spiro atoms. The number of ether oxygens (including phenoxy) is 1. The Bertz CT molecular complexity index is 1390. The molecule has 2 aliphatic rings. The molecule has 2 saturated heterocycles. The zero-order valence-electron chi connectivity index (χ0n) is 22.6. The second kappa shape index (κ2) is 12.5. The van der Waals surface area contributed by atoms with Crippen molar-refractivity contribution in [2.24, 2.45) is 5.73 Å². The van der Waals surface area contributed by atoms with E-state index in [1.54, 1.807) is 15.6 Å². The van der Waals surface area contributed by atoms with Gasteiger partial charge in [0.25, 0.3) is 5.91 Å². The van der Waals surface area contributed by atoms with Crippen LogP contribution in [0.2, 0.25) is 0 Å². The predicted molar refractivity (Wildman–Crippen MR) is 157 cm³/mol. The number of sulfonamides is 1. The zero-order valence-corrected chi connectivity index (χ0v) is 24.2. The minimum absolute atomic E-state index is 0.185. The molecule has 2 fully saturated rings. The maximum absolute atomic E-state index is 13.0. The molecule has 0 radical (unpaired) electrons. The van der Waals surface area contributed by atoms with E-state index in [2.05, 4.69) is 40.3 Å². The Morgan fingerprint density at radius 1 is 1.18 bits per heavy atom. The average molecular weight is 574 g/mol. The van der Waals surface area contributed by atoms with Crippen LogP contribution < -0.4 is 11.1 Å². The number of H-pyrrole nitrogens is 1. The summed E-state index contributed by atoms with van der Waals surface area (Å²) in [6.07, 6.45) is 4.11. The van der Waals surface area contributed by atoms with Crippen LogP contribution in [0.15, 0.2) is 30.5 Å². The van der Waals surface area contributed by atoms with Crippen LogP contribution in [-0.2, 0) is 21.3 Å². The molecule has 9 nitrogen and oxygen atoms in total. The zero-order chi connectivity index (χ0) is 27.4. The summed E-state index contributed by atoms with van der Waals surface area (Å²) in [6, 6.07) is 8.23. The van der Waals surface area contributed by atoms with E-state index >= 15 is 0 Å². The Morgan fingerprint density at radius 2 is 1.95 bits per heavy atom. The summed E-state index contributed by atoms with van der Waals surface area (Å²) < 4.78 is 33.1. The fourth-order valence-electron chi connectivity index (χ4n) is 5.67. The molecular formula is C28H39N5O4S2. The van der Waals surface area contributed by atoms with Gasteiger partial charge in [-0.15, -0.1) is 11.3 Å². The van der Waals surface area contributed by atoms with Gasteiger partial charge in [0.1, 0.15) is 0 Å². The second-order valence-electron chi connectivity index (χ2n) is 10.4. The number of primary amides is 1. The van der Waals surface area contributed by atoms with Crippen molar-refractivity contribution in [3.63, 3.8) is 0 Å². The van der Waals surface area contributed by atoms with E-state index in [0.717, 1.165) is 85.7 Å². The molecule has 0 saturated carbocycles. The van der Waals surface area contributed by atoms with Crippen LogP contribution in [0.4, 0.5) is 0 Å². The molecular weight excluding hydrogens is 534 g/mol. The number of nitrogens with one attached hydrogen (secondary N) is 2. The summed E-state index contributed by atoms with van der Waals surface area (Å²) in [5.41, 5.74) is 9.13. The maximum Gasteiger partial charge on any atom is 0.250 e. The van der Waals surface area contributed by atoms with Gasteiger partial charge in [-0.2, -0.15) is 0 Å². The lowest BCUT2D eigenvalue weighted by Gasteiger charge is -2.32. The first-order valence-electron chi connectivity index (χ1n) is 13.9. The first kappa shape index (κ1) is 28.3. The van der Waals surface area contributed by atoms with Gasteiger partial charge in [-0.25, -0.2) is 12.7 Å². The molecule has 11 heteroatoms. The van der Waals surface area contributed by atoms with Crippen molar-refractivity contribution < 1.29 is 17.9 Å². The van der Waals surface area contributed by atoms with Crippen molar-refractivity contribution in [1.82, 2.24) is 19.5 Å². The van der Waals surface area contributed by atoms with Crippen molar-refractivity contribution in [3.8, 4) is 10.4 Å². The molecule has 0 bridgehead atoms. The van der Waals surface area contributed by atoms with Gasteiger partial charge in [0.05, 0.1) is 30.0 Å². The van der Waals surface area contributed by atoms with E-state index < -0.39 is 15.9 Å². The van der Waals surface area contributed by atoms with Crippen LogP contribution >= 0.6 is 11.3 Å². The second-order valence-corrected chi connectivity index (χ2v) is 13.7. The third-order valence-corrected chi connectivity index (χ3v) is 10.9. The van der Waals surface area contributed by atoms with Gasteiger partial charge in [0.15, 0.2) is 0 Å². The van der Waals surface area contributed by atoms with E-state index in [9.17, 15) is 13.2 Å². The van der Waals surface area contributed by atoms with E-state index in [4.69, 9.17) is 10.5 Å². The third kappa shape index (κ3) is 6.55. The molecule has 0 unspecified atom stereocenters. The number of carbonyl (C=O) groups is 1. The lowest BCUT2D eigenvalue weighted by atomic mass is 9.89. The number of amides is 1. The van der Waals surface area contributed by atoms with Gasteiger partial charge in [0, 0.05) is 54.1 Å². The molecule has 0 aliphatic carbocycles. The van der Waals surface area contributed by atoms with Crippen molar-refractivity contribution in [3.05, 3.63) is 46.5 Å². The van der Waals surface area contributed by atoms with E-state index in [1.165, 1.54) is 4.88 Å². The van der Waals surface area contributed by atoms with Gasteiger partial charge in [-0.3, -0.25) is 9.69 Å². The van der Waals surface area contributed by atoms with Gasteiger partial charge >= 0.3 is 0 Å². The van der Waals surface area contributed by atoms with Crippen LogP contribution in [0.1, 0.15) is 52.9 Å². The largest absolute Gasteiger partial charge is 0.379 e. The highest BCUT2D eigenvalue weighted by molar-refractivity contribution is 7.89. The first-order valence-corrected chi connectivity index (χ1v) is 16.3. The van der Waals surface area contributed by atoms with E-state index in [0.29, 0.717) is 25.1 Å². The van der Waals surface area contributed by atoms with Gasteiger partial charge in [0.2, 0.25) is 10.0 Å². The fourth-order valence-corrected chi connectivity index (χ4v) is 8.16. The third-order valence-electron chi connectivity index (χ3n) is 7.85. The highest BCUT2D eigenvalue weighted by atomic mass is 32.2. The minimum Gasteiger partial charge on any atom is -0.379 e. The standard InChI is InChI=1S/C28H39N5O4S2/c1-2-30-18-22-4-5-26(38-22)21-16-23-25(19-31-27(23)24(17-21)28(29)34)20-6-9-33(10-7-20)39(35,36)15-3-8-32-11-13-37-14-12-32/h4-5,16-17,19-20,30-31H,2-3,6-15,18H2,1H3,(H2,29,34). The molecule has 212 valence electrons. The van der Waals surface area contributed by atoms with E-state index in [1.807, 2.05) is 12.3 Å². The molecule has 0 atom stereocenters. The highest BCUT2D eigenvalue weighted by Crippen LogP contribution is 2.38. The number of hydrogen-bond donors (Lipinski definition) is 3. The summed E-state index contributed by atoms with van der Waals surface area (Å²) in [7, 11) is -3.28. The highest BCUT2D eigenvalue weighted by Gasteiger charge is 2.30. The van der Waals surface area contributed by atoms with Crippen LogP contribution in [0.25, 0.3) is 21.3 Å². The Hall–Kier alpha value is -2.28. The monoisotopic (exact) mass is 573 g/mol. The smallest absolute Gasteiger partial charge is 0.250 e. The molecule has 2 aliphatic heterocycles. The lowest BCUT2D eigenvalue weighted by molar-refractivity contribution is 0.0380. The first-order chi connectivity index (χ1) is 18.9. The van der Waals surface area contributed by atoms with Crippen molar-refractivity contribution in [2.75, 3.05) is 58.2 Å². The number of nitrogens with two attached hydrogens (primary N) is 1. The number of rotatable bonds is 11. The summed E-state index contributed by atoms with van der Waals surface area (Å²) in [6.45, 7) is 8.82. The van der Waals surface area contributed by atoms with Crippen LogP contribution in [0.3, 0.4) is 0 Å². The van der Waals surface area contributed by atoms with Crippen LogP contribution in [0, 0.1) is 0 Å². The summed E-state index contributed by atoms with van der Waals surface area (Å²) in [4.78, 5) is 20.3. The van der Waals surface area contributed by atoms with Gasteiger partial charge in [-0.05, 0) is 73.7 Å². The van der Waals surface area contributed by atoms with Crippen LogP contribution in [0.5, 0.6) is 0 Å². The molecule has 4 N–H and O–H groups in total. The van der Waals surface area contributed by atoms with Gasteiger partial charge in [-0.1, -0.05) is 6.92 Å². The van der Waals surface area contributed by atoms with E-state index in [-0.39, 0.29) is 11.7 Å². The van der Waals surface area contributed by atoms with Crippen molar-refractivity contribution in [1.29, 1.82) is 0 Å². The number of aromatic nitrogens is 1. The number of thiophene rings is 1. The molecule has 39 heavy (non-hydrogen) atoms. The molecule has 1 amide bonds. The number of piperidine rings is 1. The SMILES string of the molecule is CCNCc1ccc(-c2cc(C(N)=O)c3[nH]cc(C4CCN(S(=O)(=O)CCCN5CCOCC5)CC4)c3c2)s1. The topological polar surface area (TPSA) is 121 Å². The predicted octanol–water partition coefficient (Wildman–Crippen LogP) is 3.34. The number of aromatic amines is 1. The number of hydrogen-bond acceptors (Lipinski definition) is 7. The Balaban J connectivity index is 1.29. The fraction of sp³-hybridized carbons (Fsp3) is 0.536. The number of carbonyl (C=O) groups excluding carboxylic acids is 1. The summed E-state index contributed by atoms with van der Waals surface area (Å²) in [5, 5.41) is 4.35. The molecule has 4 heterocycles. The maximum atomic E-state index is 13.0. The quantitative estimate of drug-likeness (QED) is 0.324. The van der Waals surface area contributed by atoms with Crippen LogP contribution in [-0.4, -0.2) is 86.7 Å².